The summed E-state index contributed by atoms with van der Waals surface area (Å²) in [7, 11) is 0. The number of rotatable bonds is 4. The molecule has 0 unspecified atom stereocenters. The Morgan fingerprint density at radius 2 is 1.69 bits per heavy atom. The van der Waals surface area contributed by atoms with E-state index in [1.165, 1.54) is 30.6 Å². The number of anilines is 1. The van der Waals surface area contributed by atoms with Gasteiger partial charge in [-0.25, -0.2) is 0 Å². The minimum Gasteiger partial charge on any atom is -0.342 e. The molecule has 2 heterocycles. The minimum absolute atomic E-state index is 0.220. The van der Waals surface area contributed by atoms with Gasteiger partial charge in [-0.1, -0.05) is 48.3 Å². The van der Waals surface area contributed by atoms with Crippen molar-refractivity contribution in [2.24, 2.45) is 5.92 Å². The van der Waals surface area contributed by atoms with Gasteiger partial charge in [0, 0.05) is 30.6 Å². The van der Waals surface area contributed by atoms with Crippen LogP contribution in [-0.4, -0.2) is 40.0 Å². The average Bonchev–Trinajstić information content (AvgIpc) is 3.26. The number of likely N-dealkylation sites (tertiary alicyclic amines) is 1. The number of nitrogens with zero attached hydrogens (tertiary/aromatic N) is 3. The molecule has 2 amide bonds. The maximum Gasteiger partial charge on any atom is 0.286 e. The molecule has 1 saturated carbocycles. The fraction of sp³-hybridized carbons (Fsp3) is 0.545. The third-order valence-corrected chi connectivity index (χ3v) is 7.14. The van der Waals surface area contributed by atoms with Crippen molar-refractivity contribution in [3.05, 3.63) is 39.8 Å². The SMILES string of the molecule is Cc1ccc(NC(=O)c2nnc(C3CCN(C(=O)C4CCCCC4)CC3)s2)cc1. The van der Waals surface area contributed by atoms with E-state index in [2.05, 4.69) is 15.5 Å². The summed E-state index contributed by atoms with van der Waals surface area (Å²) >= 11 is 1.37. The lowest BCUT2D eigenvalue weighted by molar-refractivity contribution is -0.137. The molecule has 2 aromatic rings. The van der Waals surface area contributed by atoms with E-state index < -0.39 is 0 Å². The smallest absolute Gasteiger partial charge is 0.286 e. The number of aromatic nitrogens is 2. The number of carbonyl (C=O) groups is 2. The van der Waals surface area contributed by atoms with Crippen molar-refractivity contribution >= 4 is 28.8 Å². The van der Waals surface area contributed by atoms with Gasteiger partial charge in [0.05, 0.1) is 0 Å². The standard InChI is InChI=1S/C22H28N4O2S/c1-15-7-9-18(10-8-15)23-19(27)21-25-24-20(29-21)16-11-13-26(14-12-16)22(28)17-5-3-2-4-6-17/h7-10,16-17H,2-6,11-14H2,1H3,(H,23,27). The lowest BCUT2D eigenvalue weighted by Gasteiger charge is -2.34. The van der Waals surface area contributed by atoms with E-state index in [0.29, 0.717) is 10.9 Å². The topological polar surface area (TPSA) is 75.2 Å². The van der Waals surface area contributed by atoms with E-state index in [1.807, 2.05) is 36.1 Å². The van der Waals surface area contributed by atoms with Gasteiger partial charge in [-0.15, -0.1) is 10.2 Å². The Kier molecular flexibility index (Phi) is 6.23. The first-order chi connectivity index (χ1) is 14.1. The number of hydrogen-bond acceptors (Lipinski definition) is 5. The summed E-state index contributed by atoms with van der Waals surface area (Å²) in [6.07, 6.45) is 7.53. The second-order valence-electron chi connectivity index (χ2n) is 8.20. The van der Waals surface area contributed by atoms with Gasteiger partial charge in [0.1, 0.15) is 5.01 Å². The highest BCUT2D eigenvalue weighted by Crippen LogP contribution is 2.32. The van der Waals surface area contributed by atoms with Gasteiger partial charge in [-0.2, -0.15) is 0 Å². The molecule has 7 heteroatoms. The van der Waals surface area contributed by atoms with Gasteiger partial charge in [0.15, 0.2) is 0 Å². The van der Waals surface area contributed by atoms with Crippen molar-refractivity contribution in [3.8, 4) is 0 Å². The number of nitrogens with one attached hydrogen (secondary N) is 1. The summed E-state index contributed by atoms with van der Waals surface area (Å²) in [5.41, 5.74) is 1.90. The van der Waals surface area contributed by atoms with E-state index in [4.69, 9.17) is 0 Å². The first kappa shape index (κ1) is 20.0. The molecular weight excluding hydrogens is 384 g/mol. The molecule has 0 bridgehead atoms. The lowest BCUT2D eigenvalue weighted by atomic mass is 9.87. The van der Waals surface area contributed by atoms with Gasteiger partial charge >= 0.3 is 0 Å². The first-order valence-corrected chi connectivity index (χ1v) is 11.4. The maximum atomic E-state index is 12.7. The van der Waals surface area contributed by atoms with Crippen molar-refractivity contribution in [1.29, 1.82) is 0 Å². The van der Waals surface area contributed by atoms with Gasteiger partial charge < -0.3 is 10.2 Å². The highest BCUT2D eigenvalue weighted by Gasteiger charge is 2.31. The van der Waals surface area contributed by atoms with Crippen LogP contribution in [-0.2, 0) is 4.79 Å². The van der Waals surface area contributed by atoms with Crippen LogP contribution in [0.2, 0.25) is 0 Å². The monoisotopic (exact) mass is 412 g/mol. The molecule has 1 N–H and O–H groups in total. The quantitative estimate of drug-likeness (QED) is 0.808. The van der Waals surface area contributed by atoms with Crippen LogP contribution >= 0.6 is 11.3 Å². The third-order valence-electron chi connectivity index (χ3n) is 6.05. The van der Waals surface area contributed by atoms with E-state index in [9.17, 15) is 9.59 Å². The molecule has 1 aromatic heterocycles. The van der Waals surface area contributed by atoms with Crippen LogP contribution in [0.25, 0.3) is 0 Å². The molecule has 2 aliphatic rings. The highest BCUT2D eigenvalue weighted by molar-refractivity contribution is 7.13. The van der Waals surface area contributed by atoms with Crippen molar-refractivity contribution < 1.29 is 9.59 Å². The van der Waals surface area contributed by atoms with E-state index >= 15 is 0 Å². The summed E-state index contributed by atoms with van der Waals surface area (Å²) in [6, 6.07) is 7.69. The predicted octanol–water partition coefficient (Wildman–Crippen LogP) is 4.39. The summed E-state index contributed by atoms with van der Waals surface area (Å²) in [5.74, 6) is 0.642. The summed E-state index contributed by atoms with van der Waals surface area (Å²) in [6.45, 7) is 3.58. The molecule has 1 aliphatic carbocycles. The molecule has 1 aliphatic heterocycles. The van der Waals surface area contributed by atoms with Crippen LogP contribution in [0.5, 0.6) is 0 Å². The Balaban J connectivity index is 1.31. The first-order valence-electron chi connectivity index (χ1n) is 10.6. The van der Waals surface area contributed by atoms with E-state index in [0.717, 1.165) is 55.0 Å². The Morgan fingerprint density at radius 1 is 1.00 bits per heavy atom. The molecule has 0 atom stereocenters. The predicted molar refractivity (Wildman–Crippen MR) is 114 cm³/mol. The molecule has 1 aromatic carbocycles. The molecule has 0 spiro atoms. The number of aryl methyl sites for hydroxylation is 1. The summed E-state index contributed by atoms with van der Waals surface area (Å²) in [4.78, 5) is 27.2. The lowest BCUT2D eigenvalue weighted by Crippen LogP contribution is -2.41. The zero-order chi connectivity index (χ0) is 20.2. The second kappa shape index (κ2) is 9.03. The molecule has 29 heavy (non-hydrogen) atoms. The van der Waals surface area contributed by atoms with Gasteiger partial charge in [0.2, 0.25) is 10.9 Å². The van der Waals surface area contributed by atoms with Crippen LogP contribution in [0.15, 0.2) is 24.3 Å². The maximum absolute atomic E-state index is 12.7. The Labute approximate surface area is 175 Å². The summed E-state index contributed by atoms with van der Waals surface area (Å²) < 4.78 is 0. The van der Waals surface area contributed by atoms with Crippen molar-refractivity contribution in [3.63, 3.8) is 0 Å². The van der Waals surface area contributed by atoms with Crippen molar-refractivity contribution in [2.75, 3.05) is 18.4 Å². The fourth-order valence-electron chi connectivity index (χ4n) is 4.27. The zero-order valence-corrected chi connectivity index (χ0v) is 17.7. The number of piperidine rings is 1. The van der Waals surface area contributed by atoms with Gasteiger partial charge in [0.25, 0.3) is 5.91 Å². The zero-order valence-electron chi connectivity index (χ0n) is 16.9. The van der Waals surface area contributed by atoms with Gasteiger partial charge in [-0.3, -0.25) is 9.59 Å². The van der Waals surface area contributed by atoms with E-state index in [1.54, 1.807) is 0 Å². The van der Waals surface area contributed by atoms with Gasteiger partial charge in [-0.05, 0) is 44.7 Å². The molecule has 2 fully saturated rings. The normalized spacial score (nSPS) is 18.6. The third kappa shape index (κ3) is 4.83. The van der Waals surface area contributed by atoms with Crippen molar-refractivity contribution in [1.82, 2.24) is 15.1 Å². The number of amides is 2. The highest BCUT2D eigenvalue weighted by atomic mass is 32.1. The van der Waals surface area contributed by atoms with Crippen molar-refractivity contribution in [2.45, 2.75) is 57.8 Å². The average molecular weight is 413 g/mol. The van der Waals surface area contributed by atoms with Crippen LogP contribution in [0.4, 0.5) is 5.69 Å². The van der Waals surface area contributed by atoms with Crippen LogP contribution in [0, 0.1) is 12.8 Å². The Bertz CT molecular complexity index is 850. The van der Waals surface area contributed by atoms with Crippen LogP contribution in [0.3, 0.4) is 0 Å². The second-order valence-corrected chi connectivity index (χ2v) is 9.21. The van der Waals surface area contributed by atoms with E-state index in [-0.39, 0.29) is 17.7 Å². The largest absolute Gasteiger partial charge is 0.342 e. The van der Waals surface area contributed by atoms with Crippen LogP contribution < -0.4 is 5.32 Å². The Morgan fingerprint density at radius 3 is 2.38 bits per heavy atom. The molecular formula is C22H28N4O2S. The number of benzene rings is 1. The molecule has 0 radical (unpaired) electrons. The number of hydrogen-bond donors (Lipinski definition) is 1. The Hall–Kier alpha value is -2.28. The van der Waals surface area contributed by atoms with Crippen LogP contribution in [0.1, 0.15) is 71.2 Å². The fourth-order valence-corrected chi connectivity index (χ4v) is 5.17. The minimum atomic E-state index is -0.220. The molecule has 6 nitrogen and oxygen atoms in total. The molecule has 154 valence electrons. The summed E-state index contributed by atoms with van der Waals surface area (Å²) in [5, 5.41) is 12.6. The number of carbonyl (C=O) groups excluding carboxylic acids is 2. The molecule has 4 rings (SSSR count). The molecule has 1 saturated heterocycles.